The van der Waals surface area contributed by atoms with Crippen LogP contribution in [-0.2, 0) is 9.53 Å². The van der Waals surface area contributed by atoms with Gasteiger partial charge in [-0.25, -0.2) is 0 Å². The molecular weight excluding hydrogens is 168 g/mol. The van der Waals surface area contributed by atoms with Gasteiger partial charge < -0.3 is 9.53 Å². The zero-order valence-corrected chi connectivity index (χ0v) is 9.16. The van der Waals surface area contributed by atoms with E-state index < -0.39 is 8.80 Å². The van der Waals surface area contributed by atoms with E-state index >= 15 is 0 Å². The Hall–Kier alpha value is -0.153. The van der Waals surface area contributed by atoms with E-state index in [2.05, 4.69) is 6.55 Å². The van der Waals surface area contributed by atoms with Crippen molar-refractivity contribution < 1.29 is 9.53 Å². The summed E-state index contributed by atoms with van der Waals surface area (Å²) in [6.45, 7) is 4.95. The van der Waals surface area contributed by atoms with Crippen LogP contribution in [0.4, 0.5) is 0 Å². The van der Waals surface area contributed by atoms with Crippen LogP contribution < -0.4 is 0 Å². The summed E-state index contributed by atoms with van der Waals surface area (Å²) in [7, 11) is -1.24. The van der Waals surface area contributed by atoms with Gasteiger partial charge in [0, 0.05) is 6.61 Å². The van der Waals surface area contributed by atoms with E-state index in [4.69, 9.17) is 4.74 Å². The Morgan fingerprint density at radius 3 is 2.83 bits per heavy atom. The van der Waals surface area contributed by atoms with Crippen molar-refractivity contribution in [2.45, 2.75) is 44.9 Å². The quantitative estimate of drug-likeness (QED) is 0.624. The van der Waals surface area contributed by atoms with Crippen molar-refractivity contribution in [3.8, 4) is 0 Å². The first-order valence-corrected chi connectivity index (χ1v) is 7.30. The second kappa shape index (κ2) is 4.77. The van der Waals surface area contributed by atoms with E-state index in [9.17, 15) is 4.79 Å². The number of carbonyl (C=O) groups is 1. The maximum Gasteiger partial charge on any atom is 0.146 e. The molecule has 1 aliphatic heterocycles. The summed E-state index contributed by atoms with van der Waals surface area (Å²) in [5.74, 6) is 0. The van der Waals surface area contributed by atoms with Gasteiger partial charge in [-0.3, -0.25) is 0 Å². The molecule has 1 heterocycles. The monoisotopic (exact) mass is 186 g/mol. The third kappa shape index (κ3) is 2.42. The average Bonchev–Trinajstić information content (AvgIpc) is 2.17. The Labute approximate surface area is 75.9 Å². The first kappa shape index (κ1) is 9.93. The van der Waals surface area contributed by atoms with Crippen LogP contribution in [-0.4, -0.2) is 26.5 Å². The number of ether oxygens (including phenoxy) is 1. The lowest BCUT2D eigenvalue weighted by atomic mass is 10.2. The molecule has 0 bridgehead atoms. The fourth-order valence-corrected chi connectivity index (χ4v) is 3.91. The second-order valence-corrected chi connectivity index (χ2v) is 6.48. The first-order chi connectivity index (χ1) is 5.75. The van der Waals surface area contributed by atoms with Crippen LogP contribution in [0.1, 0.15) is 32.6 Å². The molecular formula is C9H18O2Si. The molecule has 1 saturated heterocycles. The van der Waals surface area contributed by atoms with Gasteiger partial charge in [0.15, 0.2) is 0 Å². The summed E-state index contributed by atoms with van der Waals surface area (Å²) in [4.78, 5) is 11.4. The van der Waals surface area contributed by atoms with Crippen LogP contribution in [0.5, 0.6) is 0 Å². The van der Waals surface area contributed by atoms with Crippen LogP contribution in [0, 0.1) is 0 Å². The van der Waals surface area contributed by atoms with Gasteiger partial charge in [0.1, 0.15) is 14.2 Å². The molecule has 3 heteroatoms. The standard InChI is InChI=1S/C9H18O2Si/c1-3-8(10)12(2)9-6-4-5-7-11-9/h9,12H,3-7H2,1-2H3. The van der Waals surface area contributed by atoms with E-state index in [0.29, 0.717) is 17.6 Å². The van der Waals surface area contributed by atoms with Crippen molar-refractivity contribution >= 4 is 14.2 Å². The van der Waals surface area contributed by atoms with Gasteiger partial charge >= 0.3 is 0 Å². The van der Waals surface area contributed by atoms with Crippen molar-refractivity contribution in [3.05, 3.63) is 0 Å². The van der Waals surface area contributed by atoms with Crippen molar-refractivity contribution in [1.82, 2.24) is 0 Å². The van der Waals surface area contributed by atoms with Crippen LogP contribution >= 0.6 is 0 Å². The molecule has 2 nitrogen and oxygen atoms in total. The Bertz CT molecular complexity index is 153. The van der Waals surface area contributed by atoms with Gasteiger partial charge in [-0.1, -0.05) is 13.5 Å². The molecule has 0 aromatic carbocycles. The van der Waals surface area contributed by atoms with E-state index in [-0.39, 0.29) is 0 Å². The highest BCUT2D eigenvalue weighted by atomic mass is 28.3. The first-order valence-electron chi connectivity index (χ1n) is 4.90. The molecule has 0 amide bonds. The molecule has 0 radical (unpaired) electrons. The van der Waals surface area contributed by atoms with E-state index in [1.165, 1.54) is 12.8 Å². The Morgan fingerprint density at radius 2 is 2.33 bits per heavy atom. The molecule has 1 aliphatic rings. The molecule has 0 aromatic rings. The fourth-order valence-electron chi connectivity index (χ4n) is 1.69. The summed E-state index contributed by atoms with van der Waals surface area (Å²) < 4.78 is 5.60. The molecule has 12 heavy (non-hydrogen) atoms. The fraction of sp³-hybridized carbons (Fsp3) is 0.889. The number of rotatable bonds is 3. The SMILES string of the molecule is CCC(=O)[SiH](C)C1CCCCO1. The molecule has 0 spiro atoms. The Kier molecular flexibility index (Phi) is 3.95. The van der Waals surface area contributed by atoms with Crippen LogP contribution in [0.2, 0.25) is 6.55 Å². The molecule has 0 aliphatic carbocycles. The van der Waals surface area contributed by atoms with E-state index in [1.807, 2.05) is 6.92 Å². The summed E-state index contributed by atoms with van der Waals surface area (Å²) in [5.41, 5.74) is 0.339. The summed E-state index contributed by atoms with van der Waals surface area (Å²) in [6, 6.07) is 0. The van der Waals surface area contributed by atoms with Crippen molar-refractivity contribution in [3.63, 3.8) is 0 Å². The Morgan fingerprint density at radius 1 is 1.58 bits per heavy atom. The summed E-state index contributed by atoms with van der Waals surface area (Å²) in [5, 5.41) is 0.474. The number of hydrogen-bond acceptors (Lipinski definition) is 2. The number of hydrogen-bond donors (Lipinski definition) is 0. The minimum atomic E-state index is -1.24. The molecule has 70 valence electrons. The predicted molar refractivity (Wildman–Crippen MR) is 51.9 cm³/mol. The molecule has 0 N–H and O–H groups in total. The van der Waals surface area contributed by atoms with Gasteiger partial charge in [-0.05, 0) is 25.7 Å². The molecule has 0 aromatic heterocycles. The third-order valence-corrected chi connectivity index (χ3v) is 5.69. The average molecular weight is 186 g/mol. The maximum atomic E-state index is 11.4. The van der Waals surface area contributed by atoms with Crippen LogP contribution in [0.15, 0.2) is 0 Å². The van der Waals surface area contributed by atoms with Gasteiger partial charge in [0.25, 0.3) is 0 Å². The lowest BCUT2D eigenvalue weighted by molar-refractivity contribution is -0.112. The van der Waals surface area contributed by atoms with Gasteiger partial charge in [-0.15, -0.1) is 0 Å². The zero-order chi connectivity index (χ0) is 8.97. The zero-order valence-electron chi connectivity index (χ0n) is 8.01. The van der Waals surface area contributed by atoms with Crippen molar-refractivity contribution in [1.29, 1.82) is 0 Å². The van der Waals surface area contributed by atoms with Gasteiger partial charge in [0.05, 0.1) is 5.73 Å². The smallest absolute Gasteiger partial charge is 0.146 e. The molecule has 1 fully saturated rings. The minimum Gasteiger partial charge on any atom is -0.381 e. The lowest BCUT2D eigenvalue weighted by Crippen LogP contribution is -2.40. The normalized spacial score (nSPS) is 26.7. The van der Waals surface area contributed by atoms with Crippen molar-refractivity contribution in [2.24, 2.45) is 0 Å². The molecule has 2 unspecified atom stereocenters. The lowest BCUT2D eigenvalue weighted by Gasteiger charge is -2.25. The Balaban J connectivity index is 2.39. The minimum absolute atomic E-state index is 0.339. The van der Waals surface area contributed by atoms with Crippen LogP contribution in [0.25, 0.3) is 0 Å². The van der Waals surface area contributed by atoms with E-state index in [0.717, 1.165) is 13.0 Å². The largest absolute Gasteiger partial charge is 0.381 e. The highest BCUT2D eigenvalue weighted by Crippen LogP contribution is 2.15. The molecule has 1 rings (SSSR count). The number of carbonyl (C=O) groups excluding carboxylic acids is 1. The van der Waals surface area contributed by atoms with Crippen LogP contribution in [0.3, 0.4) is 0 Å². The molecule has 2 atom stereocenters. The van der Waals surface area contributed by atoms with Gasteiger partial charge in [-0.2, -0.15) is 0 Å². The molecule has 0 saturated carbocycles. The predicted octanol–water partition coefficient (Wildman–Crippen LogP) is 1.47. The summed E-state index contributed by atoms with van der Waals surface area (Å²) in [6.07, 6.45) is 4.25. The summed E-state index contributed by atoms with van der Waals surface area (Å²) >= 11 is 0. The highest BCUT2D eigenvalue weighted by molar-refractivity contribution is 6.90. The van der Waals surface area contributed by atoms with E-state index in [1.54, 1.807) is 0 Å². The second-order valence-electron chi connectivity index (χ2n) is 3.51. The van der Waals surface area contributed by atoms with Crippen molar-refractivity contribution in [2.75, 3.05) is 6.61 Å². The highest BCUT2D eigenvalue weighted by Gasteiger charge is 2.26. The van der Waals surface area contributed by atoms with Gasteiger partial charge in [0.2, 0.25) is 0 Å². The third-order valence-electron chi connectivity index (χ3n) is 2.63. The maximum absolute atomic E-state index is 11.4. The topological polar surface area (TPSA) is 26.3 Å².